The predicted molar refractivity (Wildman–Crippen MR) is 126 cm³/mol. The Morgan fingerprint density at radius 3 is 2.34 bits per heavy atom. The second kappa shape index (κ2) is 10.7. The van der Waals surface area contributed by atoms with Crippen molar-refractivity contribution in [3.63, 3.8) is 0 Å². The number of hydrogen-bond acceptors (Lipinski definition) is 4. The molecule has 0 aliphatic rings. The number of ether oxygens (including phenoxy) is 1. The minimum absolute atomic E-state index is 0.107. The normalized spacial score (nSPS) is 13.7. The lowest BCUT2D eigenvalue weighted by Gasteiger charge is -2.30. The maximum absolute atomic E-state index is 13.4. The van der Waals surface area contributed by atoms with Gasteiger partial charge in [0.25, 0.3) is 5.91 Å². The van der Waals surface area contributed by atoms with Gasteiger partial charge in [0.1, 0.15) is 5.82 Å². The Labute approximate surface area is 209 Å². The number of alkyl halides is 3. The van der Waals surface area contributed by atoms with Gasteiger partial charge < -0.3 is 10.1 Å². The van der Waals surface area contributed by atoms with Gasteiger partial charge in [-0.3, -0.25) is 9.78 Å². The van der Waals surface area contributed by atoms with Crippen LogP contribution in [0.3, 0.4) is 0 Å². The molecule has 0 radical (unpaired) electrons. The highest BCUT2D eigenvalue weighted by molar-refractivity contribution is 9.10. The van der Waals surface area contributed by atoms with E-state index in [9.17, 15) is 22.4 Å². The molecule has 1 N–H and O–H groups in total. The van der Waals surface area contributed by atoms with Gasteiger partial charge in [0.15, 0.2) is 5.60 Å². The third-order valence-electron chi connectivity index (χ3n) is 5.46. The van der Waals surface area contributed by atoms with Crippen LogP contribution in [0, 0.1) is 5.82 Å². The number of carbonyl (C=O) groups is 1. The fourth-order valence-corrected chi connectivity index (χ4v) is 3.87. The molecule has 2 heterocycles. The van der Waals surface area contributed by atoms with E-state index in [1.54, 1.807) is 24.5 Å². The van der Waals surface area contributed by atoms with Crippen LogP contribution in [0.5, 0.6) is 5.88 Å². The SMILES string of the molecule is CC(NC(=O)C(C)(C)Oc1ccc(C(F)(F)F)cn1)C(Cc1ccc(F)cc1)c1cncc(Br)c1. The van der Waals surface area contributed by atoms with E-state index < -0.39 is 29.3 Å². The Kier molecular flexibility index (Phi) is 8.15. The summed E-state index contributed by atoms with van der Waals surface area (Å²) in [5.41, 5.74) is -0.592. The molecular formula is C25H24BrF4N3O2. The van der Waals surface area contributed by atoms with Crippen LogP contribution in [0.25, 0.3) is 0 Å². The second-order valence-corrected chi connectivity index (χ2v) is 9.55. The first-order valence-electron chi connectivity index (χ1n) is 10.7. The number of carbonyl (C=O) groups excluding carboxylic acids is 1. The summed E-state index contributed by atoms with van der Waals surface area (Å²) < 4.78 is 58.1. The van der Waals surface area contributed by atoms with Crippen LogP contribution in [0.1, 0.15) is 43.4 Å². The standard InChI is InChI=1S/C25H24BrF4N3O2/c1-15(21(17-11-19(26)14-31-12-17)10-16-4-7-20(27)8-5-16)33-23(34)24(2,3)35-22-9-6-18(13-32-22)25(28,29)30/h4-9,11-15,21H,10H2,1-3H3,(H,33,34). The highest BCUT2D eigenvalue weighted by Gasteiger charge is 2.34. The van der Waals surface area contributed by atoms with Gasteiger partial charge in [-0.1, -0.05) is 12.1 Å². The Bertz CT molecular complexity index is 1150. The van der Waals surface area contributed by atoms with Crippen LogP contribution >= 0.6 is 15.9 Å². The van der Waals surface area contributed by atoms with Crippen LogP contribution in [-0.4, -0.2) is 27.5 Å². The number of rotatable bonds is 8. The zero-order valence-corrected chi connectivity index (χ0v) is 20.8. The summed E-state index contributed by atoms with van der Waals surface area (Å²) in [6.07, 6.45) is -0.00764. The van der Waals surface area contributed by atoms with E-state index in [0.29, 0.717) is 12.6 Å². The summed E-state index contributed by atoms with van der Waals surface area (Å²) in [6, 6.07) is 9.55. The molecular weight excluding hydrogens is 530 g/mol. The zero-order chi connectivity index (χ0) is 25.8. The number of pyridine rings is 2. The first-order valence-corrected chi connectivity index (χ1v) is 11.5. The van der Waals surface area contributed by atoms with Gasteiger partial charge in [-0.2, -0.15) is 13.2 Å². The zero-order valence-electron chi connectivity index (χ0n) is 19.2. The van der Waals surface area contributed by atoms with E-state index in [1.807, 2.05) is 13.0 Å². The molecule has 0 spiro atoms. The van der Waals surface area contributed by atoms with Gasteiger partial charge in [0.2, 0.25) is 5.88 Å². The van der Waals surface area contributed by atoms with Crippen LogP contribution in [-0.2, 0) is 17.4 Å². The van der Waals surface area contributed by atoms with E-state index >= 15 is 0 Å². The summed E-state index contributed by atoms with van der Waals surface area (Å²) >= 11 is 3.41. The molecule has 5 nitrogen and oxygen atoms in total. The van der Waals surface area contributed by atoms with Crippen LogP contribution < -0.4 is 10.1 Å². The van der Waals surface area contributed by atoms with Crippen molar-refractivity contribution >= 4 is 21.8 Å². The Balaban J connectivity index is 1.76. The second-order valence-electron chi connectivity index (χ2n) is 8.63. The van der Waals surface area contributed by atoms with Gasteiger partial charge in [0.05, 0.1) is 5.56 Å². The molecule has 3 aromatic rings. The fourth-order valence-electron chi connectivity index (χ4n) is 3.49. The van der Waals surface area contributed by atoms with Crippen molar-refractivity contribution in [1.29, 1.82) is 0 Å². The summed E-state index contributed by atoms with van der Waals surface area (Å²) in [5, 5.41) is 2.94. The Morgan fingerprint density at radius 2 is 1.77 bits per heavy atom. The molecule has 1 aromatic carbocycles. The van der Waals surface area contributed by atoms with Gasteiger partial charge >= 0.3 is 6.18 Å². The molecule has 0 aliphatic carbocycles. The third kappa shape index (κ3) is 7.24. The fraction of sp³-hybridized carbons (Fsp3) is 0.320. The predicted octanol–water partition coefficient (Wildman–Crippen LogP) is 6.09. The van der Waals surface area contributed by atoms with E-state index in [4.69, 9.17) is 4.74 Å². The quantitative estimate of drug-likeness (QED) is 0.343. The monoisotopic (exact) mass is 553 g/mol. The van der Waals surface area contributed by atoms with Crippen molar-refractivity contribution in [3.8, 4) is 5.88 Å². The van der Waals surface area contributed by atoms with E-state index in [1.165, 1.54) is 26.0 Å². The Morgan fingerprint density at radius 1 is 1.09 bits per heavy atom. The average Bonchev–Trinajstić information content (AvgIpc) is 2.78. The smallest absolute Gasteiger partial charge is 0.417 e. The molecule has 10 heteroatoms. The lowest BCUT2D eigenvalue weighted by Crippen LogP contribution is -2.51. The lowest BCUT2D eigenvalue weighted by molar-refractivity contribution is -0.138. The van der Waals surface area contributed by atoms with Crippen molar-refractivity contribution < 1.29 is 27.1 Å². The molecule has 0 saturated carbocycles. The number of amides is 1. The highest BCUT2D eigenvalue weighted by Crippen LogP contribution is 2.30. The summed E-state index contributed by atoms with van der Waals surface area (Å²) in [5.74, 6) is -1.13. The number of hydrogen-bond donors (Lipinski definition) is 1. The molecule has 0 aliphatic heterocycles. The molecule has 2 atom stereocenters. The molecule has 2 unspecified atom stereocenters. The van der Waals surface area contributed by atoms with Gasteiger partial charge in [-0.05, 0) is 78.5 Å². The van der Waals surface area contributed by atoms with Gasteiger partial charge in [-0.25, -0.2) is 9.37 Å². The third-order valence-corrected chi connectivity index (χ3v) is 5.89. The molecule has 2 aromatic heterocycles. The maximum atomic E-state index is 13.4. The summed E-state index contributed by atoms with van der Waals surface area (Å²) in [7, 11) is 0. The van der Waals surface area contributed by atoms with Gasteiger partial charge in [-0.15, -0.1) is 0 Å². The van der Waals surface area contributed by atoms with E-state index in [-0.39, 0.29) is 17.6 Å². The molecule has 186 valence electrons. The summed E-state index contributed by atoms with van der Waals surface area (Å²) in [4.78, 5) is 21.0. The largest absolute Gasteiger partial charge is 0.462 e. The number of nitrogens with one attached hydrogen (secondary N) is 1. The van der Waals surface area contributed by atoms with Crippen molar-refractivity contribution in [3.05, 3.63) is 88.0 Å². The minimum Gasteiger partial charge on any atom is -0.462 e. The van der Waals surface area contributed by atoms with Crippen molar-refractivity contribution in [1.82, 2.24) is 15.3 Å². The molecule has 0 fully saturated rings. The van der Waals surface area contributed by atoms with E-state index in [0.717, 1.165) is 27.7 Å². The summed E-state index contributed by atoms with van der Waals surface area (Å²) in [6.45, 7) is 4.84. The van der Waals surface area contributed by atoms with Crippen molar-refractivity contribution in [2.75, 3.05) is 0 Å². The van der Waals surface area contributed by atoms with Crippen molar-refractivity contribution in [2.45, 2.75) is 50.9 Å². The number of nitrogens with zero attached hydrogens (tertiary/aromatic N) is 2. The number of aromatic nitrogens is 2. The van der Waals surface area contributed by atoms with Gasteiger partial charge in [0, 0.05) is 41.1 Å². The molecule has 3 rings (SSSR count). The first-order chi connectivity index (χ1) is 16.3. The molecule has 35 heavy (non-hydrogen) atoms. The first kappa shape index (κ1) is 26.6. The average molecular weight is 554 g/mol. The molecule has 0 bridgehead atoms. The minimum atomic E-state index is -4.52. The van der Waals surface area contributed by atoms with Crippen LogP contribution in [0.2, 0.25) is 0 Å². The molecule has 0 saturated heterocycles. The topological polar surface area (TPSA) is 64.1 Å². The van der Waals surface area contributed by atoms with E-state index in [2.05, 4.69) is 31.2 Å². The van der Waals surface area contributed by atoms with Crippen LogP contribution in [0.4, 0.5) is 17.6 Å². The number of benzene rings is 1. The maximum Gasteiger partial charge on any atom is 0.417 e. The molecule has 1 amide bonds. The van der Waals surface area contributed by atoms with Crippen molar-refractivity contribution in [2.24, 2.45) is 0 Å². The Hall–Kier alpha value is -3.01. The number of halogens is 5. The van der Waals surface area contributed by atoms with Crippen LogP contribution in [0.15, 0.2) is 65.5 Å². The highest BCUT2D eigenvalue weighted by atomic mass is 79.9. The lowest BCUT2D eigenvalue weighted by atomic mass is 9.87.